The maximum absolute atomic E-state index is 13.3. The molecule has 0 radical (unpaired) electrons. The van der Waals surface area contributed by atoms with E-state index in [1.54, 1.807) is 6.08 Å². The molecule has 36 heavy (non-hydrogen) atoms. The SMILES string of the molecule is CNc1ccccc1C(C)(C)C(=O)/C=C/C1=C(C)C(=C/C=C2/N(C)c3ccccc3C2(C)C)/CCC1. The van der Waals surface area contributed by atoms with Crippen molar-refractivity contribution in [2.45, 2.75) is 64.7 Å². The number of carbonyl (C=O) groups is 1. The van der Waals surface area contributed by atoms with Gasteiger partial charge >= 0.3 is 0 Å². The van der Waals surface area contributed by atoms with Gasteiger partial charge in [-0.2, -0.15) is 0 Å². The Kier molecular flexibility index (Phi) is 7.13. The summed E-state index contributed by atoms with van der Waals surface area (Å²) < 4.78 is 0. The second kappa shape index (κ2) is 9.97. The van der Waals surface area contributed by atoms with Crippen LogP contribution in [0.2, 0.25) is 0 Å². The average Bonchev–Trinajstić information content (AvgIpc) is 3.07. The molecule has 1 aliphatic carbocycles. The number of hydrogen-bond acceptors (Lipinski definition) is 3. The van der Waals surface area contributed by atoms with Gasteiger partial charge in [-0.05, 0) is 92.2 Å². The van der Waals surface area contributed by atoms with Gasteiger partial charge in [0.1, 0.15) is 0 Å². The second-order valence-corrected chi connectivity index (χ2v) is 11.1. The Hall–Kier alpha value is -3.33. The topological polar surface area (TPSA) is 32.3 Å². The molecular weight excluding hydrogens is 440 g/mol. The highest BCUT2D eigenvalue weighted by Gasteiger charge is 2.37. The molecule has 1 N–H and O–H groups in total. The van der Waals surface area contributed by atoms with Crippen LogP contribution in [-0.4, -0.2) is 19.9 Å². The zero-order valence-electron chi connectivity index (χ0n) is 22.9. The maximum Gasteiger partial charge on any atom is 0.165 e. The van der Waals surface area contributed by atoms with Crippen molar-refractivity contribution in [2.24, 2.45) is 0 Å². The Morgan fingerprint density at radius 3 is 2.44 bits per heavy atom. The fourth-order valence-electron chi connectivity index (χ4n) is 5.71. The fraction of sp³-hybridized carbons (Fsp3) is 0.364. The summed E-state index contributed by atoms with van der Waals surface area (Å²) in [6.07, 6.45) is 11.6. The molecule has 0 unspecified atom stereocenters. The Morgan fingerprint density at radius 1 is 1.03 bits per heavy atom. The van der Waals surface area contributed by atoms with Crippen molar-refractivity contribution in [2.75, 3.05) is 24.3 Å². The first-order valence-electron chi connectivity index (χ1n) is 13.0. The van der Waals surface area contributed by atoms with E-state index in [1.807, 2.05) is 45.2 Å². The predicted octanol–water partition coefficient (Wildman–Crippen LogP) is 7.87. The van der Waals surface area contributed by atoms with E-state index in [0.717, 1.165) is 30.5 Å². The predicted molar refractivity (Wildman–Crippen MR) is 154 cm³/mol. The number of likely N-dealkylation sites (N-methyl/N-ethyl adjacent to an activating group) is 1. The molecule has 0 amide bonds. The van der Waals surface area contributed by atoms with Gasteiger partial charge in [-0.15, -0.1) is 0 Å². The largest absolute Gasteiger partial charge is 0.388 e. The van der Waals surface area contributed by atoms with E-state index >= 15 is 0 Å². The molecule has 1 aliphatic heterocycles. The summed E-state index contributed by atoms with van der Waals surface area (Å²) in [5.74, 6) is 0.121. The van der Waals surface area contributed by atoms with Crippen LogP contribution in [0.15, 0.2) is 95.3 Å². The number of benzene rings is 2. The standard InChI is InChI=1S/C33H40N2O/c1-23-24(19-21-30-32(2,3)27-16-9-11-18-29(27)35(30)7)13-12-14-25(23)20-22-31(36)33(4,5)26-15-8-10-17-28(26)34-6/h8-11,15-22,34H,12-14H2,1-7H3/b22-20+,24-19+,30-21+. The van der Waals surface area contributed by atoms with Crippen LogP contribution in [0.5, 0.6) is 0 Å². The van der Waals surface area contributed by atoms with Gasteiger partial charge in [-0.25, -0.2) is 0 Å². The van der Waals surface area contributed by atoms with Crippen molar-refractivity contribution < 1.29 is 4.79 Å². The molecule has 2 aromatic carbocycles. The summed E-state index contributed by atoms with van der Waals surface area (Å²) in [6.45, 7) is 10.8. The van der Waals surface area contributed by atoms with E-state index in [-0.39, 0.29) is 11.2 Å². The van der Waals surface area contributed by atoms with Gasteiger partial charge in [0.05, 0.1) is 5.41 Å². The van der Waals surface area contributed by atoms with E-state index in [0.29, 0.717) is 0 Å². The Morgan fingerprint density at radius 2 is 1.72 bits per heavy atom. The molecule has 188 valence electrons. The van der Waals surface area contributed by atoms with E-state index in [4.69, 9.17) is 0 Å². The first kappa shape index (κ1) is 25.8. The van der Waals surface area contributed by atoms with E-state index in [9.17, 15) is 4.79 Å². The molecule has 0 aromatic heterocycles. The minimum absolute atomic E-state index is 0.0287. The molecule has 0 saturated carbocycles. The van der Waals surface area contributed by atoms with Gasteiger partial charge < -0.3 is 10.2 Å². The minimum atomic E-state index is -0.601. The van der Waals surface area contributed by atoms with Gasteiger partial charge in [-0.1, -0.05) is 62.4 Å². The Balaban J connectivity index is 1.59. The molecule has 0 atom stereocenters. The quantitative estimate of drug-likeness (QED) is 0.427. The van der Waals surface area contributed by atoms with Crippen LogP contribution in [0.1, 0.15) is 65.0 Å². The van der Waals surface area contributed by atoms with Gasteiger partial charge in [0.25, 0.3) is 0 Å². The highest BCUT2D eigenvalue weighted by Crippen LogP contribution is 2.46. The molecule has 0 fully saturated rings. The summed E-state index contributed by atoms with van der Waals surface area (Å²) >= 11 is 0. The maximum atomic E-state index is 13.3. The van der Waals surface area contributed by atoms with Crippen molar-refractivity contribution >= 4 is 17.2 Å². The Bertz CT molecular complexity index is 1290. The van der Waals surface area contributed by atoms with Gasteiger partial charge in [0.15, 0.2) is 5.78 Å². The minimum Gasteiger partial charge on any atom is -0.388 e. The monoisotopic (exact) mass is 480 g/mol. The lowest BCUT2D eigenvalue weighted by Crippen LogP contribution is -2.28. The number of rotatable bonds is 6. The van der Waals surface area contributed by atoms with E-state index in [1.165, 1.54) is 33.7 Å². The lowest BCUT2D eigenvalue weighted by molar-refractivity contribution is -0.118. The van der Waals surface area contributed by atoms with Crippen molar-refractivity contribution in [1.29, 1.82) is 0 Å². The number of fused-ring (bicyclic) bond motifs is 1. The number of hydrogen-bond donors (Lipinski definition) is 1. The number of anilines is 2. The lowest BCUT2D eigenvalue weighted by Gasteiger charge is -2.25. The third-order valence-corrected chi connectivity index (χ3v) is 8.16. The highest BCUT2D eigenvalue weighted by atomic mass is 16.1. The van der Waals surface area contributed by atoms with Crippen LogP contribution in [0, 0.1) is 0 Å². The van der Waals surface area contributed by atoms with Crippen molar-refractivity contribution in [3.63, 3.8) is 0 Å². The van der Waals surface area contributed by atoms with Crippen LogP contribution < -0.4 is 10.2 Å². The zero-order chi connectivity index (χ0) is 26.1. The number of ketones is 1. The number of para-hydroxylation sites is 2. The second-order valence-electron chi connectivity index (χ2n) is 11.1. The fourth-order valence-corrected chi connectivity index (χ4v) is 5.71. The van der Waals surface area contributed by atoms with Gasteiger partial charge in [-0.3, -0.25) is 4.79 Å². The lowest BCUT2D eigenvalue weighted by atomic mass is 9.79. The zero-order valence-corrected chi connectivity index (χ0v) is 22.9. The summed E-state index contributed by atoms with van der Waals surface area (Å²) in [4.78, 5) is 15.6. The van der Waals surface area contributed by atoms with Crippen LogP contribution >= 0.6 is 0 Å². The molecule has 4 rings (SSSR count). The third kappa shape index (κ3) is 4.59. The third-order valence-electron chi connectivity index (χ3n) is 8.16. The summed E-state index contributed by atoms with van der Waals surface area (Å²) in [7, 11) is 4.06. The van der Waals surface area contributed by atoms with E-state index in [2.05, 4.69) is 80.5 Å². The van der Waals surface area contributed by atoms with Crippen LogP contribution in [0.3, 0.4) is 0 Å². The molecular formula is C33H40N2O. The molecule has 1 heterocycles. The number of allylic oxidation sites excluding steroid dienone is 8. The van der Waals surface area contributed by atoms with Gasteiger partial charge in [0, 0.05) is 36.6 Å². The van der Waals surface area contributed by atoms with E-state index < -0.39 is 5.41 Å². The molecule has 2 aromatic rings. The molecule has 0 spiro atoms. The Labute approximate surface area is 217 Å². The number of carbonyl (C=O) groups excluding carboxylic acids is 1. The molecule has 2 aliphatic rings. The average molecular weight is 481 g/mol. The summed E-state index contributed by atoms with van der Waals surface area (Å²) in [6, 6.07) is 16.7. The van der Waals surface area contributed by atoms with Gasteiger partial charge in [0.2, 0.25) is 0 Å². The van der Waals surface area contributed by atoms with Crippen LogP contribution in [-0.2, 0) is 15.6 Å². The van der Waals surface area contributed by atoms with Crippen molar-refractivity contribution in [3.8, 4) is 0 Å². The smallest absolute Gasteiger partial charge is 0.165 e. The summed E-state index contributed by atoms with van der Waals surface area (Å²) in [5.41, 5.74) is 9.28. The normalized spacial score (nSPS) is 19.9. The summed E-state index contributed by atoms with van der Waals surface area (Å²) in [5, 5.41) is 3.22. The van der Waals surface area contributed by atoms with Crippen LogP contribution in [0.25, 0.3) is 0 Å². The molecule has 3 heteroatoms. The van der Waals surface area contributed by atoms with Crippen LogP contribution in [0.4, 0.5) is 11.4 Å². The molecule has 0 saturated heterocycles. The number of nitrogens with one attached hydrogen (secondary N) is 1. The van der Waals surface area contributed by atoms with Crippen molar-refractivity contribution in [3.05, 3.63) is 106 Å². The first-order chi connectivity index (χ1) is 17.1. The van der Waals surface area contributed by atoms with Crippen molar-refractivity contribution in [1.82, 2.24) is 0 Å². The first-order valence-corrected chi connectivity index (χ1v) is 13.0. The molecule has 3 nitrogen and oxygen atoms in total. The highest BCUT2D eigenvalue weighted by molar-refractivity contribution is 5.99. The number of nitrogens with zero attached hydrogens (tertiary/aromatic N) is 1. The molecule has 0 bridgehead atoms.